The first kappa shape index (κ1) is 13.3. The fourth-order valence-electron chi connectivity index (χ4n) is 0.963. The van der Waals surface area contributed by atoms with E-state index >= 15 is 0 Å². The van der Waals surface area contributed by atoms with Crippen molar-refractivity contribution in [2.45, 2.75) is 25.3 Å². The number of carbonyl (C=O) groups excluding carboxylic acids is 1. The predicted octanol–water partition coefficient (Wildman–Crippen LogP) is -1.04. The highest BCUT2D eigenvalue weighted by Gasteiger charge is 2.14. The average molecular weight is 226 g/mol. The Balaban J connectivity index is 0.000000292. The molecule has 1 fully saturated rings. The van der Waals surface area contributed by atoms with Crippen LogP contribution in [0, 0.1) is 0 Å². The van der Waals surface area contributed by atoms with Crippen molar-refractivity contribution in [3.8, 4) is 0 Å². The molecule has 1 heterocycles. The Kier molecular flexibility index (Phi) is 5.62. The summed E-state index contributed by atoms with van der Waals surface area (Å²) < 4.78 is 31.6. The molecule has 0 bridgehead atoms. The van der Waals surface area contributed by atoms with Crippen molar-refractivity contribution in [3.05, 3.63) is 0 Å². The van der Waals surface area contributed by atoms with Gasteiger partial charge in [0.05, 0.1) is 6.04 Å². The fraction of sp³-hybridized carbons (Fsp3) is 0.833. The normalized spacial score (nSPS) is 22.8. The van der Waals surface area contributed by atoms with Crippen molar-refractivity contribution >= 4 is 16.3 Å². The molecule has 0 saturated carbocycles. The molecule has 14 heavy (non-hydrogen) atoms. The monoisotopic (exact) mass is 226 g/mol. The second kappa shape index (κ2) is 5.91. The Morgan fingerprint density at radius 3 is 2.36 bits per heavy atom. The third-order valence-electron chi connectivity index (χ3n) is 1.58. The number of nitrogens with two attached hydrogens (primary N) is 1. The molecule has 1 amide bonds. The number of hydrogen-bond acceptors (Lipinski definition) is 4. The highest BCUT2D eigenvalue weighted by atomic mass is 32.3. The van der Waals surface area contributed by atoms with E-state index in [1.165, 1.54) is 0 Å². The Morgan fingerprint density at radius 1 is 1.36 bits per heavy atom. The lowest BCUT2D eigenvalue weighted by molar-refractivity contribution is -0.122. The topological polar surface area (TPSA) is 130 Å². The summed E-state index contributed by atoms with van der Waals surface area (Å²) in [6.45, 7) is 0.798. The molecule has 7 nitrogen and oxygen atoms in total. The first-order chi connectivity index (χ1) is 6.30. The standard InChI is InChI=1S/C6H12N2O.H2O4S/c7-5-3-1-2-4-8-6(5)9;1-5(2,3)4/h5H,1-4,7H2,(H,8,9);(H2,1,2,3,4). The lowest BCUT2D eigenvalue weighted by atomic mass is 10.1. The van der Waals surface area contributed by atoms with Gasteiger partial charge >= 0.3 is 10.4 Å². The Hall–Kier alpha value is -0.700. The highest BCUT2D eigenvalue weighted by Crippen LogP contribution is 2.01. The Labute approximate surface area is 82.2 Å². The van der Waals surface area contributed by atoms with Crippen LogP contribution in [0.2, 0.25) is 0 Å². The van der Waals surface area contributed by atoms with Gasteiger partial charge in [-0.05, 0) is 19.3 Å². The molecule has 84 valence electrons. The molecule has 8 heteroatoms. The van der Waals surface area contributed by atoms with Gasteiger partial charge in [-0.3, -0.25) is 13.9 Å². The maximum absolute atomic E-state index is 10.8. The van der Waals surface area contributed by atoms with E-state index in [-0.39, 0.29) is 11.9 Å². The summed E-state index contributed by atoms with van der Waals surface area (Å²) in [7, 11) is -4.67. The van der Waals surface area contributed by atoms with Crippen LogP contribution in [0.1, 0.15) is 19.3 Å². The van der Waals surface area contributed by atoms with E-state index in [2.05, 4.69) is 5.32 Å². The van der Waals surface area contributed by atoms with Gasteiger partial charge in [0.2, 0.25) is 5.91 Å². The largest absolute Gasteiger partial charge is 0.394 e. The zero-order valence-corrected chi connectivity index (χ0v) is 8.33. The van der Waals surface area contributed by atoms with Gasteiger partial charge in [-0.1, -0.05) is 0 Å². The SMILES string of the molecule is NC1CCCCNC1=O.O=S(=O)(O)O. The highest BCUT2D eigenvalue weighted by molar-refractivity contribution is 7.79. The third-order valence-corrected chi connectivity index (χ3v) is 1.58. The van der Waals surface area contributed by atoms with Crippen LogP contribution in [0.25, 0.3) is 0 Å². The summed E-state index contributed by atoms with van der Waals surface area (Å²) in [6, 6.07) is -0.257. The van der Waals surface area contributed by atoms with Gasteiger partial charge < -0.3 is 11.1 Å². The summed E-state index contributed by atoms with van der Waals surface area (Å²) in [5, 5.41) is 2.73. The van der Waals surface area contributed by atoms with Gasteiger partial charge in [-0.2, -0.15) is 8.42 Å². The molecular formula is C6H14N2O5S. The third kappa shape index (κ3) is 9.39. The zero-order chi connectivity index (χ0) is 11.2. The van der Waals surface area contributed by atoms with Gasteiger partial charge in [0, 0.05) is 6.54 Å². The van der Waals surface area contributed by atoms with Crippen LogP contribution in [0.4, 0.5) is 0 Å². The van der Waals surface area contributed by atoms with Gasteiger partial charge in [0.25, 0.3) is 0 Å². The van der Waals surface area contributed by atoms with Crippen LogP contribution in [-0.4, -0.2) is 36.0 Å². The predicted molar refractivity (Wildman–Crippen MR) is 49.0 cm³/mol. The van der Waals surface area contributed by atoms with Crippen molar-refractivity contribution in [1.82, 2.24) is 5.32 Å². The molecule has 0 spiro atoms. The summed E-state index contributed by atoms with van der Waals surface area (Å²) in [5.74, 6) is 0.00694. The molecule has 1 rings (SSSR count). The minimum absolute atomic E-state index is 0.00694. The molecular weight excluding hydrogens is 212 g/mol. The molecule has 1 aliphatic heterocycles. The van der Waals surface area contributed by atoms with Crippen molar-refractivity contribution in [2.24, 2.45) is 5.73 Å². The van der Waals surface area contributed by atoms with E-state index in [0.29, 0.717) is 0 Å². The van der Waals surface area contributed by atoms with Crippen LogP contribution in [0.15, 0.2) is 0 Å². The quantitative estimate of drug-likeness (QED) is 0.390. The second-order valence-electron chi connectivity index (χ2n) is 2.84. The van der Waals surface area contributed by atoms with Crippen molar-refractivity contribution < 1.29 is 22.3 Å². The van der Waals surface area contributed by atoms with Gasteiger partial charge in [0.15, 0.2) is 0 Å². The van der Waals surface area contributed by atoms with Gasteiger partial charge in [-0.25, -0.2) is 0 Å². The Morgan fingerprint density at radius 2 is 1.86 bits per heavy atom. The lowest BCUT2D eigenvalue weighted by Gasteiger charge is -2.03. The molecule has 1 atom stereocenters. The van der Waals surface area contributed by atoms with Gasteiger partial charge in [0.1, 0.15) is 0 Å². The zero-order valence-electron chi connectivity index (χ0n) is 7.51. The average Bonchev–Trinajstić information content (AvgIpc) is 2.14. The number of carbonyl (C=O) groups is 1. The molecule has 1 unspecified atom stereocenters. The minimum Gasteiger partial charge on any atom is -0.355 e. The fourth-order valence-corrected chi connectivity index (χ4v) is 0.963. The first-order valence-electron chi connectivity index (χ1n) is 4.04. The van der Waals surface area contributed by atoms with Crippen LogP contribution in [0.5, 0.6) is 0 Å². The number of amides is 1. The summed E-state index contributed by atoms with van der Waals surface area (Å²) in [6.07, 6.45) is 2.98. The lowest BCUT2D eigenvalue weighted by Crippen LogP contribution is -2.38. The molecule has 0 aromatic carbocycles. The molecule has 0 aromatic rings. The minimum atomic E-state index is -4.67. The van der Waals surface area contributed by atoms with E-state index < -0.39 is 10.4 Å². The first-order valence-corrected chi connectivity index (χ1v) is 5.43. The maximum atomic E-state index is 10.8. The van der Waals surface area contributed by atoms with Crippen LogP contribution < -0.4 is 11.1 Å². The summed E-state index contributed by atoms with van der Waals surface area (Å²) in [5.41, 5.74) is 5.47. The second-order valence-corrected chi connectivity index (χ2v) is 3.74. The van der Waals surface area contributed by atoms with Crippen molar-refractivity contribution in [1.29, 1.82) is 0 Å². The Bertz CT molecular complexity index is 268. The van der Waals surface area contributed by atoms with E-state index in [9.17, 15) is 4.79 Å². The van der Waals surface area contributed by atoms with Crippen molar-refractivity contribution in [3.63, 3.8) is 0 Å². The number of rotatable bonds is 0. The van der Waals surface area contributed by atoms with E-state index in [0.717, 1.165) is 25.8 Å². The molecule has 0 aromatic heterocycles. The number of nitrogens with one attached hydrogen (secondary N) is 1. The van der Waals surface area contributed by atoms with E-state index in [1.54, 1.807) is 0 Å². The smallest absolute Gasteiger partial charge is 0.355 e. The maximum Gasteiger partial charge on any atom is 0.394 e. The van der Waals surface area contributed by atoms with Gasteiger partial charge in [-0.15, -0.1) is 0 Å². The molecule has 1 saturated heterocycles. The summed E-state index contributed by atoms with van der Waals surface area (Å²) >= 11 is 0. The molecule has 1 aliphatic rings. The van der Waals surface area contributed by atoms with Crippen molar-refractivity contribution in [2.75, 3.05) is 6.54 Å². The summed E-state index contributed by atoms with van der Waals surface area (Å²) in [4.78, 5) is 10.8. The van der Waals surface area contributed by atoms with E-state index in [4.69, 9.17) is 23.3 Å². The molecule has 0 aliphatic carbocycles. The van der Waals surface area contributed by atoms with E-state index in [1.807, 2.05) is 0 Å². The molecule has 5 N–H and O–H groups in total. The van der Waals surface area contributed by atoms with Crippen LogP contribution >= 0.6 is 0 Å². The van der Waals surface area contributed by atoms with Crippen LogP contribution in [-0.2, 0) is 15.2 Å². The molecule has 0 radical (unpaired) electrons. The van der Waals surface area contributed by atoms with Crippen LogP contribution in [0.3, 0.4) is 0 Å². The number of hydrogen-bond donors (Lipinski definition) is 4.